The Kier molecular flexibility index (Phi) is 12.2. The normalized spacial score (nSPS) is 17.8. The Morgan fingerprint density at radius 2 is 1.72 bits per heavy atom. The van der Waals surface area contributed by atoms with E-state index in [0.717, 1.165) is 5.39 Å². The number of carbonyl (C=O) groups excluding carboxylic acids is 4. The lowest BCUT2D eigenvalue weighted by Crippen LogP contribution is -2.58. The molecule has 0 bridgehead atoms. The van der Waals surface area contributed by atoms with Gasteiger partial charge < -0.3 is 30.9 Å². The van der Waals surface area contributed by atoms with Crippen LogP contribution in [0.1, 0.15) is 61.3 Å². The van der Waals surface area contributed by atoms with E-state index in [2.05, 4.69) is 30.9 Å². The number of alkyl halides is 3. The molecule has 1 saturated heterocycles. The summed E-state index contributed by atoms with van der Waals surface area (Å²) in [7, 11) is -5.11. The van der Waals surface area contributed by atoms with Gasteiger partial charge in [-0.1, -0.05) is 61.5 Å². The highest BCUT2D eigenvalue weighted by molar-refractivity contribution is 7.86. The Bertz CT molecular complexity index is 1810. The molecule has 14 nitrogen and oxygen atoms in total. The molecule has 272 valence electrons. The molecule has 1 unspecified atom stereocenters. The molecular formula is C32H38F3N5O9S. The summed E-state index contributed by atoms with van der Waals surface area (Å²) < 4.78 is 77.0. The number of aliphatic hydroxyl groups is 1. The maximum absolute atomic E-state index is 13.9. The molecule has 5 atom stereocenters. The van der Waals surface area contributed by atoms with Crippen LogP contribution in [0.25, 0.3) is 10.8 Å². The number of hydrogen-bond donors (Lipinski definition) is 6. The van der Waals surface area contributed by atoms with Gasteiger partial charge in [0, 0.05) is 24.9 Å². The molecule has 1 aliphatic rings. The van der Waals surface area contributed by atoms with Crippen LogP contribution in [0.15, 0.2) is 53.1 Å². The van der Waals surface area contributed by atoms with Crippen LogP contribution in [0.3, 0.4) is 0 Å². The summed E-state index contributed by atoms with van der Waals surface area (Å²) in [5.41, 5.74) is -2.68. The number of rotatable bonds is 14. The van der Waals surface area contributed by atoms with Crippen molar-refractivity contribution in [3.63, 3.8) is 0 Å². The lowest BCUT2D eigenvalue weighted by Gasteiger charge is -2.30. The Balaban J connectivity index is 1.62. The first-order valence-corrected chi connectivity index (χ1v) is 17.3. The summed E-state index contributed by atoms with van der Waals surface area (Å²) in [5.74, 6) is -6.05. The fourth-order valence-electron chi connectivity index (χ4n) is 5.73. The van der Waals surface area contributed by atoms with Crippen molar-refractivity contribution in [3.8, 4) is 0 Å². The minimum atomic E-state index is -5.11. The Morgan fingerprint density at radius 3 is 2.36 bits per heavy atom. The molecule has 18 heteroatoms. The molecule has 1 fully saturated rings. The zero-order chi connectivity index (χ0) is 36.8. The van der Waals surface area contributed by atoms with E-state index >= 15 is 0 Å². The number of aromatic nitrogens is 1. The summed E-state index contributed by atoms with van der Waals surface area (Å²) >= 11 is 0. The molecule has 0 aliphatic carbocycles. The number of piperidine rings is 1. The fourth-order valence-corrected chi connectivity index (χ4v) is 6.32. The smallest absolute Gasteiger partial charge is 0.374 e. The minimum absolute atomic E-state index is 0.0245. The number of halogens is 3. The van der Waals surface area contributed by atoms with Crippen LogP contribution < -0.4 is 21.3 Å². The highest BCUT2D eigenvalue weighted by Gasteiger charge is 2.39. The molecule has 6 N–H and O–H groups in total. The van der Waals surface area contributed by atoms with Crippen molar-refractivity contribution in [1.82, 2.24) is 26.4 Å². The van der Waals surface area contributed by atoms with Gasteiger partial charge >= 0.3 is 6.18 Å². The average Bonchev–Trinajstić information content (AvgIpc) is 3.56. The zero-order valence-electron chi connectivity index (χ0n) is 27.1. The quantitative estimate of drug-likeness (QED) is 0.133. The Morgan fingerprint density at radius 1 is 1.04 bits per heavy atom. The number of hydrogen-bond acceptors (Lipinski definition) is 9. The molecule has 4 amide bonds. The molecule has 0 spiro atoms. The number of nitrogens with one attached hydrogen (secondary N) is 4. The van der Waals surface area contributed by atoms with Crippen LogP contribution >= 0.6 is 0 Å². The van der Waals surface area contributed by atoms with Crippen molar-refractivity contribution in [2.75, 3.05) is 6.54 Å². The maximum atomic E-state index is 13.9. The lowest BCUT2D eigenvalue weighted by atomic mass is 9.91. The molecule has 0 saturated carbocycles. The van der Waals surface area contributed by atoms with Crippen LogP contribution in [-0.2, 0) is 37.1 Å². The van der Waals surface area contributed by atoms with Crippen LogP contribution in [0.4, 0.5) is 13.2 Å². The third-order valence-corrected chi connectivity index (χ3v) is 9.14. The molecular weight excluding hydrogens is 687 g/mol. The highest BCUT2D eigenvalue weighted by Crippen LogP contribution is 2.29. The second-order valence-electron chi connectivity index (χ2n) is 12.5. The molecule has 50 heavy (non-hydrogen) atoms. The number of benzene rings is 2. The van der Waals surface area contributed by atoms with Gasteiger partial charge in [0.1, 0.15) is 12.1 Å². The van der Waals surface area contributed by atoms with Gasteiger partial charge in [0.15, 0.2) is 5.69 Å². The number of fused-ring (bicyclic) bond motifs is 1. The second-order valence-corrected chi connectivity index (χ2v) is 14.0. The SMILES string of the molecule is CC(C)C[C@H](NC(=O)[C@H](Cc1cccc2ccccc12)NC(=O)c1cc(C(F)(F)F)on1)C(=O)N[C@@H](C[C@@H]1CCCNC1=O)C(O)S(=O)(=O)O. The van der Waals surface area contributed by atoms with E-state index in [1.165, 1.54) is 0 Å². The summed E-state index contributed by atoms with van der Waals surface area (Å²) in [6, 6.07) is 8.21. The van der Waals surface area contributed by atoms with E-state index in [9.17, 15) is 50.4 Å². The first-order chi connectivity index (χ1) is 23.4. The van der Waals surface area contributed by atoms with E-state index < -0.39 is 80.9 Å². The summed E-state index contributed by atoms with van der Waals surface area (Å²) in [4.78, 5) is 53.0. The van der Waals surface area contributed by atoms with Crippen LogP contribution in [0.2, 0.25) is 0 Å². The molecule has 0 radical (unpaired) electrons. The van der Waals surface area contributed by atoms with Gasteiger partial charge in [0.2, 0.25) is 28.9 Å². The summed E-state index contributed by atoms with van der Waals surface area (Å²) in [5, 5.41) is 25.0. The number of amides is 4. The Labute approximate surface area is 285 Å². The number of nitrogens with zero attached hydrogens (tertiary/aromatic N) is 1. The van der Waals surface area contributed by atoms with E-state index in [1.54, 1.807) is 44.2 Å². The van der Waals surface area contributed by atoms with Crippen LogP contribution in [-0.4, -0.2) is 77.0 Å². The number of aliphatic hydroxyl groups excluding tert-OH is 1. The van der Waals surface area contributed by atoms with Gasteiger partial charge in [-0.05, 0) is 47.9 Å². The first kappa shape index (κ1) is 38.3. The van der Waals surface area contributed by atoms with Gasteiger partial charge in [0.25, 0.3) is 16.0 Å². The van der Waals surface area contributed by atoms with Crippen molar-refractivity contribution in [3.05, 3.63) is 65.5 Å². The zero-order valence-corrected chi connectivity index (χ0v) is 27.9. The van der Waals surface area contributed by atoms with Gasteiger partial charge in [-0.2, -0.15) is 21.6 Å². The highest BCUT2D eigenvalue weighted by atomic mass is 32.2. The van der Waals surface area contributed by atoms with Crippen molar-refractivity contribution >= 4 is 44.5 Å². The van der Waals surface area contributed by atoms with Crippen LogP contribution in [0.5, 0.6) is 0 Å². The Hall–Kier alpha value is -4.55. The molecule has 1 aliphatic heterocycles. The first-order valence-electron chi connectivity index (χ1n) is 15.8. The van der Waals surface area contributed by atoms with Gasteiger partial charge in [-0.15, -0.1) is 0 Å². The summed E-state index contributed by atoms with van der Waals surface area (Å²) in [6.07, 6.45) is -4.60. The molecule has 1 aromatic heterocycles. The van der Waals surface area contributed by atoms with E-state index in [-0.39, 0.29) is 25.2 Å². The van der Waals surface area contributed by atoms with Crippen molar-refractivity contribution in [2.45, 2.75) is 75.7 Å². The predicted octanol–water partition coefficient (Wildman–Crippen LogP) is 2.33. The van der Waals surface area contributed by atoms with Crippen molar-refractivity contribution in [2.24, 2.45) is 11.8 Å². The van der Waals surface area contributed by atoms with Crippen LogP contribution in [0, 0.1) is 11.8 Å². The maximum Gasteiger partial charge on any atom is 0.452 e. The monoisotopic (exact) mass is 725 g/mol. The van der Waals surface area contributed by atoms with Crippen molar-refractivity contribution in [1.29, 1.82) is 0 Å². The van der Waals surface area contributed by atoms with Gasteiger partial charge in [-0.25, -0.2) is 0 Å². The standard InChI is InChI=1S/C32H38F3N5O9S/c1-17(2)13-22(28(42)39-25(31(45)50(46,47)48)15-20-10-6-12-36-27(20)41)37-29(43)23(14-19-9-5-8-18-7-3-4-11-21(18)19)38-30(44)24-16-26(49-40-24)32(33,34)35/h3-5,7-9,11,16-17,20,22-23,25,31,45H,6,10,12-15H2,1-2H3,(H,36,41)(H,37,43)(H,38,44)(H,39,42)(H,46,47,48)/t20-,22-,23-,25-,31?/m0/s1. The largest absolute Gasteiger partial charge is 0.452 e. The lowest BCUT2D eigenvalue weighted by molar-refractivity contribution is -0.155. The minimum Gasteiger partial charge on any atom is -0.374 e. The predicted molar refractivity (Wildman–Crippen MR) is 172 cm³/mol. The third kappa shape index (κ3) is 10.0. The fraction of sp³-hybridized carbons (Fsp3) is 0.469. The van der Waals surface area contributed by atoms with E-state index in [1.807, 2.05) is 12.1 Å². The molecule has 2 aromatic carbocycles. The topological polar surface area (TPSA) is 217 Å². The number of carbonyl (C=O) groups is 4. The summed E-state index contributed by atoms with van der Waals surface area (Å²) in [6.45, 7) is 3.84. The van der Waals surface area contributed by atoms with Crippen molar-refractivity contribution < 1.29 is 54.9 Å². The molecule has 3 aromatic rings. The van der Waals surface area contributed by atoms with E-state index in [4.69, 9.17) is 0 Å². The molecule has 2 heterocycles. The van der Waals surface area contributed by atoms with Gasteiger partial charge in [0.05, 0.1) is 6.04 Å². The average molecular weight is 726 g/mol. The second kappa shape index (κ2) is 16.0. The van der Waals surface area contributed by atoms with Gasteiger partial charge in [-0.3, -0.25) is 23.7 Å². The van der Waals surface area contributed by atoms with E-state index in [0.29, 0.717) is 36.4 Å². The third-order valence-electron chi connectivity index (χ3n) is 8.20. The molecule has 4 rings (SSSR count).